The maximum atomic E-state index is 6.08. The maximum absolute atomic E-state index is 6.08. The van der Waals surface area contributed by atoms with Gasteiger partial charge in [0.2, 0.25) is 0 Å². The summed E-state index contributed by atoms with van der Waals surface area (Å²) in [6.45, 7) is 2.05. The molecule has 1 N–H and O–H groups in total. The van der Waals surface area contributed by atoms with Gasteiger partial charge in [-0.15, -0.1) is 0 Å². The first-order valence-corrected chi connectivity index (χ1v) is 6.46. The number of nitrogens with zero attached hydrogens (tertiary/aromatic N) is 2. The van der Waals surface area contributed by atoms with E-state index in [-0.39, 0.29) is 0 Å². The highest BCUT2D eigenvalue weighted by Crippen LogP contribution is 2.33. The highest BCUT2D eigenvalue weighted by atomic mass is 35.5. The smallest absolute Gasteiger partial charge is 0.133 e. The molecule has 2 heterocycles. The predicted octanol–water partition coefficient (Wildman–Crippen LogP) is 2.47. The number of halogens is 1. The zero-order chi connectivity index (χ0) is 11.0. The zero-order valence-electron chi connectivity index (χ0n) is 9.25. The summed E-state index contributed by atoms with van der Waals surface area (Å²) >= 11 is 6.08. The lowest BCUT2D eigenvalue weighted by Gasteiger charge is -2.27. The second-order valence-electron chi connectivity index (χ2n) is 4.81. The van der Waals surface area contributed by atoms with Gasteiger partial charge in [-0.05, 0) is 18.9 Å². The summed E-state index contributed by atoms with van der Waals surface area (Å²) in [6.07, 6.45) is 5.06. The van der Waals surface area contributed by atoms with Crippen LogP contribution >= 0.6 is 11.6 Å². The van der Waals surface area contributed by atoms with E-state index in [0.717, 1.165) is 24.6 Å². The number of rotatable bonds is 2. The van der Waals surface area contributed by atoms with E-state index in [1.807, 2.05) is 6.07 Å². The summed E-state index contributed by atoms with van der Waals surface area (Å²) < 4.78 is 0. The Morgan fingerprint density at radius 3 is 2.50 bits per heavy atom. The van der Waals surface area contributed by atoms with E-state index >= 15 is 0 Å². The lowest BCUT2D eigenvalue weighted by Crippen LogP contribution is -2.40. The molecule has 1 aromatic rings. The van der Waals surface area contributed by atoms with Crippen LogP contribution < -0.4 is 5.32 Å². The van der Waals surface area contributed by atoms with Crippen molar-refractivity contribution in [2.24, 2.45) is 0 Å². The van der Waals surface area contributed by atoms with Gasteiger partial charge in [-0.25, -0.2) is 9.97 Å². The minimum atomic E-state index is 0.542. The van der Waals surface area contributed by atoms with Crippen molar-refractivity contribution in [1.82, 2.24) is 15.3 Å². The molecule has 0 unspecified atom stereocenters. The number of nitrogens with one attached hydrogen (secondary N) is 1. The SMILES string of the molecule is Clc1cc(C2CNC2)nc(C2CCCC2)n1. The van der Waals surface area contributed by atoms with Gasteiger partial charge in [0.25, 0.3) is 0 Å². The molecule has 0 radical (unpaired) electrons. The first kappa shape index (κ1) is 10.5. The summed E-state index contributed by atoms with van der Waals surface area (Å²) in [5, 5.41) is 3.87. The standard InChI is InChI=1S/C12H16ClN3/c13-11-5-10(9-6-14-7-9)15-12(16-11)8-3-1-2-4-8/h5,8-9,14H,1-4,6-7H2. The molecule has 86 valence electrons. The van der Waals surface area contributed by atoms with E-state index in [9.17, 15) is 0 Å². The fraction of sp³-hybridized carbons (Fsp3) is 0.667. The van der Waals surface area contributed by atoms with E-state index in [1.165, 1.54) is 25.7 Å². The summed E-state index contributed by atoms with van der Waals surface area (Å²) in [6, 6.07) is 1.92. The van der Waals surface area contributed by atoms with Crippen LogP contribution in [-0.2, 0) is 0 Å². The van der Waals surface area contributed by atoms with E-state index in [4.69, 9.17) is 16.6 Å². The molecule has 0 spiro atoms. The lowest BCUT2D eigenvalue weighted by atomic mass is 9.98. The molecule has 16 heavy (non-hydrogen) atoms. The minimum Gasteiger partial charge on any atom is -0.315 e. The molecule has 0 bridgehead atoms. The van der Waals surface area contributed by atoms with Gasteiger partial charge in [-0.1, -0.05) is 24.4 Å². The molecule has 4 heteroatoms. The van der Waals surface area contributed by atoms with Gasteiger partial charge in [0.05, 0.1) is 5.69 Å². The predicted molar refractivity (Wildman–Crippen MR) is 63.9 cm³/mol. The van der Waals surface area contributed by atoms with Crippen LogP contribution in [-0.4, -0.2) is 23.1 Å². The summed E-state index contributed by atoms with van der Waals surface area (Å²) in [7, 11) is 0. The van der Waals surface area contributed by atoms with Gasteiger partial charge in [0.15, 0.2) is 0 Å². The summed E-state index contributed by atoms with van der Waals surface area (Å²) in [4.78, 5) is 9.09. The third kappa shape index (κ3) is 1.94. The van der Waals surface area contributed by atoms with Crippen LogP contribution in [0.25, 0.3) is 0 Å². The van der Waals surface area contributed by atoms with E-state index in [1.54, 1.807) is 0 Å². The zero-order valence-corrected chi connectivity index (χ0v) is 10.0. The molecule has 2 aliphatic rings. The Balaban J connectivity index is 1.88. The summed E-state index contributed by atoms with van der Waals surface area (Å²) in [5.74, 6) is 2.07. The fourth-order valence-corrected chi connectivity index (χ4v) is 2.73. The number of hydrogen-bond donors (Lipinski definition) is 1. The van der Waals surface area contributed by atoms with Crippen LogP contribution in [0.2, 0.25) is 5.15 Å². The van der Waals surface area contributed by atoms with Gasteiger partial charge in [-0.2, -0.15) is 0 Å². The van der Waals surface area contributed by atoms with E-state index in [0.29, 0.717) is 17.0 Å². The van der Waals surface area contributed by atoms with Crippen LogP contribution in [0.1, 0.15) is 49.0 Å². The van der Waals surface area contributed by atoms with E-state index < -0.39 is 0 Å². The molecule has 1 aliphatic carbocycles. The van der Waals surface area contributed by atoms with Gasteiger partial charge in [-0.3, -0.25) is 0 Å². The van der Waals surface area contributed by atoms with Crippen LogP contribution in [0.5, 0.6) is 0 Å². The molecule has 2 fully saturated rings. The van der Waals surface area contributed by atoms with Crippen LogP contribution in [0.4, 0.5) is 0 Å². The Morgan fingerprint density at radius 1 is 1.12 bits per heavy atom. The van der Waals surface area contributed by atoms with Gasteiger partial charge in [0, 0.05) is 24.9 Å². The van der Waals surface area contributed by atoms with Crippen molar-refractivity contribution in [3.05, 3.63) is 22.7 Å². The normalized spacial score (nSPS) is 22.3. The maximum Gasteiger partial charge on any atom is 0.133 e. The van der Waals surface area contributed by atoms with Crippen LogP contribution in [0, 0.1) is 0 Å². The highest BCUT2D eigenvalue weighted by molar-refractivity contribution is 6.29. The molecule has 0 amide bonds. The Bertz CT molecular complexity index is 384. The average Bonchev–Trinajstić information content (AvgIpc) is 2.66. The van der Waals surface area contributed by atoms with Gasteiger partial charge >= 0.3 is 0 Å². The average molecular weight is 238 g/mol. The highest BCUT2D eigenvalue weighted by Gasteiger charge is 2.25. The molecule has 1 aromatic heterocycles. The Hall–Kier alpha value is -0.670. The van der Waals surface area contributed by atoms with Crippen LogP contribution in [0.15, 0.2) is 6.07 Å². The number of hydrogen-bond acceptors (Lipinski definition) is 3. The summed E-state index contributed by atoms with van der Waals surface area (Å²) in [5.41, 5.74) is 1.13. The van der Waals surface area contributed by atoms with Crippen molar-refractivity contribution in [2.75, 3.05) is 13.1 Å². The molecule has 1 saturated carbocycles. The topological polar surface area (TPSA) is 37.8 Å². The monoisotopic (exact) mass is 237 g/mol. The first-order chi connectivity index (χ1) is 7.83. The Labute approximate surface area is 101 Å². The molecule has 0 aromatic carbocycles. The van der Waals surface area contributed by atoms with Crippen molar-refractivity contribution >= 4 is 11.6 Å². The molecular weight excluding hydrogens is 222 g/mol. The second-order valence-corrected chi connectivity index (χ2v) is 5.20. The molecular formula is C12H16ClN3. The third-order valence-electron chi connectivity index (χ3n) is 3.65. The van der Waals surface area contributed by atoms with E-state index in [2.05, 4.69) is 10.3 Å². The van der Waals surface area contributed by atoms with Gasteiger partial charge < -0.3 is 5.32 Å². The van der Waals surface area contributed by atoms with Crippen molar-refractivity contribution in [2.45, 2.75) is 37.5 Å². The van der Waals surface area contributed by atoms with Crippen molar-refractivity contribution in [3.8, 4) is 0 Å². The largest absolute Gasteiger partial charge is 0.315 e. The second kappa shape index (κ2) is 4.30. The molecule has 1 aliphatic heterocycles. The van der Waals surface area contributed by atoms with Crippen molar-refractivity contribution in [1.29, 1.82) is 0 Å². The lowest BCUT2D eigenvalue weighted by molar-refractivity contribution is 0.436. The third-order valence-corrected chi connectivity index (χ3v) is 3.85. The quantitative estimate of drug-likeness (QED) is 0.804. The molecule has 3 rings (SSSR count). The van der Waals surface area contributed by atoms with Crippen molar-refractivity contribution < 1.29 is 0 Å². The molecule has 0 atom stereocenters. The number of aromatic nitrogens is 2. The van der Waals surface area contributed by atoms with Crippen LogP contribution in [0.3, 0.4) is 0 Å². The Morgan fingerprint density at radius 2 is 1.88 bits per heavy atom. The fourth-order valence-electron chi connectivity index (χ4n) is 2.53. The first-order valence-electron chi connectivity index (χ1n) is 6.08. The Kier molecular flexibility index (Phi) is 2.82. The molecule has 1 saturated heterocycles. The van der Waals surface area contributed by atoms with Gasteiger partial charge in [0.1, 0.15) is 11.0 Å². The minimum absolute atomic E-state index is 0.542. The van der Waals surface area contributed by atoms with Crippen molar-refractivity contribution in [3.63, 3.8) is 0 Å². The molecule has 3 nitrogen and oxygen atoms in total.